The highest BCUT2D eigenvalue weighted by Crippen LogP contribution is 2.44. The molecule has 0 aromatic carbocycles. The zero-order valence-electron chi connectivity index (χ0n) is 22.6. The number of hydrogen-bond donors (Lipinski definition) is 7. The van der Waals surface area contributed by atoms with Crippen molar-refractivity contribution in [1.29, 1.82) is 0 Å². The lowest BCUT2D eigenvalue weighted by Crippen LogP contribution is -2.64. The molecule has 17 heteroatoms. The smallest absolute Gasteiger partial charge is 0.394 e. The van der Waals surface area contributed by atoms with Gasteiger partial charge < -0.3 is 49.7 Å². The van der Waals surface area contributed by atoms with Gasteiger partial charge in [-0.2, -0.15) is 0 Å². The summed E-state index contributed by atoms with van der Waals surface area (Å²) in [5.74, 6) is -0.618. The van der Waals surface area contributed by atoms with Crippen LogP contribution in [0, 0.1) is 5.92 Å². The van der Waals surface area contributed by atoms with Gasteiger partial charge in [-0.3, -0.25) is 18.7 Å². The van der Waals surface area contributed by atoms with Crippen molar-refractivity contribution < 1.29 is 62.3 Å². The Labute approximate surface area is 229 Å². The van der Waals surface area contributed by atoms with Crippen LogP contribution in [-0.2, 0) is 37.2 Å². The third-order valence-corrected chi connectivity index (χ3v) is 7.26. The maximum atomic E-state index is 11.9. The van der Waals surface area contributed by atoms with Crippen molar-refractivity contribution in [3.05, 3.63) is 0 Å². The van der Waals surface area contributed by atoms with Crippen LogP contribution in [0.15, 0.2) is 0 Å². The van der Waals surface area contributed by atoms with Gasteiger partial charge in [-0.1, -0.05) is 21.3 Å². The van der Waals surface area contributed by atoms with Crippen molar-refractivity contribution in [3.8, 4) is 0 Å². The first-order valence-electron chi connectivity index (χ1n) is 12.1. The van der Waals surface area contributed by atoms with Crippen LogP contribution in [0.1, 0.15) is 48.5 Å². The quantitative estimate of drug-likeness (QED) is 0.179. The van der Waals surface area contributed by atoms with Gasteiger partial charge >= 0.3 is 7.82 Å². The fourth-order valence-electron chi connectivity index (χ4n) is 4.44. The molecule has 15 nitrogen and oxygen atoms in total. The second-order valence-electron chi connectivity index (χ2n) is 9.72. The standard InChI is InChI=1S/C13H26NO4P.C8H16NO9P.CH4/c1-7-11-13(18-19(5,6)16)8(2)12(9(3)17-11)14-10(4)15;1-3(11)9-5-6(12)7(18-19(14,15)16)4(2-10)17-8(5)13;/h8-9,11-13H,7H2,1-6H3,(H,14,15);4-8,10,12-13H,2H2,1H3,(H,9,11)(H2,14,15,16);1H4/t8-,9+,11?,12?,13+;4?,5?,6-,7-,8?;/m11./s1. The minimum atomic E-state index is -4.95. The number of amides is 2. The van der Waals surface area contributed by atoms with Gasteiger partial charge in [0.1, 0.15) is 24.4 Å². The van der Waals surface area contributed by atoms with E-state index >= 15 is 0 Å². The molecule has 2 amide bonds. The van der Waals surface area contributed by atoms with E-state index < -0.39 is 58.3 Å². The summed E-state index contributed by atoms with van der Waals surface area (Å²) in [5.41, 5.74) is 0. The zero-order chi connectivity index (χ0) is 29.6. The highest BCUT2D eigenvalue weighted by molar-refractivity contribution is 7.57. The van der Waals surface area contributed by atoms with Crippen LogP contribution < -0.4 is 10.6 Å². The van der Waals surface area contributed by atoms with E-state index in [1.54, 1.807) is 13.3 Å². The summed E-state index contributed by atoms with van der Waals surface area (Å²) in [7, 11) is -7.54. The van der Waals surface area contributed by atoms with E-state index in [0.717, 1.165) is 13.3 Å². The Balaban J connectivity index is 0.000000722. The van der Waals surface area contributed by atoms with Crippen LogP contribution in [-0.4, -0.2) is 112 Å². The van der Waals surface area contributed by atoms with Crippen LogP contribution in [0.3, 0.4) is 0 Å². The van der Waals surface area contributed by atoms with Gasteiger partial charge in [-0.15, -0.1) is 0 Å². The first kappa shape index (κ1) is 38.0. The van der Waals surface area contributed by atoms with Crippen molar-refractivity contribution in [2.75, 3.05) is 19.9 Å². The van der Waals surface area contributed by atoms with E-state index in [9.17, 15) is 28.9 Å². The van der Waals surface area contributed by atoms with Crippen LogP contribution in [0.25, 0.3) is 0 Å². The van der Waals surface area contributed by atoms with E-state index in [1.165, 1.54) is 6.92 Å². The molecule has 0 radical (unpaired) electrons. The molecule has 2 heterocycles. The lowest BCUT2D eigenvalue weighted by Gasteiger charge is -2.45. The van der Waals surface area contributed by atoms with Crippen molar-refractivity contribution in [3.63, 3.8) is 0 Å². The van der Waals surface area contributed by atoms with Crippen LogP contribution in [0.4, 0.5) is 0 Å². The molecule has 0 bridgehead atoms. The number of aliphatic hydroxyl groups is 3. The summed E-state index contributed by atoms with van der Waals surface area (Å²) in [5, 5.41) is 33.5. The van der Waals surface area contributed by atoms with Gasteiger partial charge in [0.05, 0.1) is 31.0 Å². The first-order valence-corrected chi connectivity index (χ1v) is 16.2. The molecule has 0 saturated carbocycles. The maximum absolute atomic E-state index is 11.9. The van der Waals surface area contributed by atoms with Gasteiger partial charge in [-0.25, -0.2) is 4.57 Å². The molecule has 2 saturated heterocycles. The van der Waals surface area contributed by atoms with Gasteiger partial charge in [0.25, 0.3) is 0 Å². The van der Waals surface area contributed by atoms with Gasteiger partial charge in [-0.05, 0) is 13.3 Å². The molecule has 2 rings (SSSR count). The third kappa shape index (κ3) is 12.2. The van der Waals surface area contributed by atoms with Crippen LogP contribution >= 0.6 is 15.2 Å². The molecule has 2 fully saturated rings. The predicted octanol–water partition coefficient (Wildman–Crippen LogP) is -0.0771. The molecular formula is C22H46N2O13P2. The Morgan fingerprint density at radius 3 is 1.82 bits per heavy atom. The van der Waals surface area contributed by atoms with E-state index in [2.05, 4.69) is 15.2 Å². The normalized spacial score (nSPS) is 35.1. The monoisotopic (exact) mass is 608 g/mol. The molecule has 2 aliphatic heterocycles. The Hall–Kier alpha value is -0.960. The number of ether oxygens (including phenoxy) is 2. The number of aliphatic hydroxyl groups excluding tert-OH is 3. The van der Waals surface area contributed by atoms with Crippen LogP contribution in [0.5, 0.6) is 0 Å². The van der Waals surface area contributed by atoms with E-state index in [1.807, 2.05) is 20.8 Å². The molecule has 7 N–H and O–H groups in total. The number of phosphoric acid groups is 1. The largest absolute Gasteiger partial charge is 0.470 e. The Kier molecular flexibility index (Phi) is 15.5. The molecule has 39 heavy (non-hydrogen) atoms. The average molecular weight is 609 g/mol. The molecule has 5 unspecified atom stereocenters. The number of carbonyl (C=O) groups excluding carboxylic acids is 2. The molecule has 232 valence electrons. The van der Waals surface area contributed by atoms with Crippen molar-refractivity contribution in [2.45, 2.75) is 103 Å². The summed E-state index contributed by atoms with van der Waals surface area (Å²) in [4.78, 5) is 39.6. The highest BCUT2D eigenvalue weighted by Gasteiger charge is 2.48. The summed E-state index contributed by atoms with van der Waals surface area (Å²) < 4.78 is 43.5. The fourth-order valence-corrected chi connectivity index (χ4v) is 5.93. The third-order valence-electron chi connectivity index (χ3n) is 6.00. The predicted molar refractivity (Wildman–Crippen MR) is 141 cm³/mol. The minimum Gasteiger partial charge on any atom is -0.394 e. The van der Waals surface area contributed by atoms with E-state index in [-0.39, 0.29) is 43.6 Å². The summed E-state index contributed by atoms with van der Waals surface area (Å²) in [6.45, 7) is 11.1. The molecule has 2 aliphatic rings. The fraction of sp³-hybridized carbons (Fsp3) is 0.909. The summed E-state index contributed by atoms with van der Waals surface area (Å²) >= 11 is 0. The summed E-state index contributed by atoms with van der Waals surface area (Å²) in [6.07, 6.45) is -5.87. The van der Waals surface area contributed by atoms with Gasteiger partial charge in [0.2, 0.25) is 11.8 Å². The molecule has 0 aromatic rings. The second-order valence-corrected chi connectivity index (χ2v) is 13.6. The number of rotatable bonds is 8. The number of hydrogen-bond acceptors (Lipinski definition) is 11. The molecule has 0 aliphatic carbocycles. The Morgan fingerprint density at radius 2 is 1.41 bits per heavy atom. The van der Waals surface area contributed by atoms with Crippen LogP contribution in [0.2, 0.25) is 0 Å². The lowest BCUT2D eigenvalue weighted by molar-refractivity contribution is -0.250. The molecule has 10 atom stereocenters. The molecule has 0 spiro atoms. The minimum absolute atomic E-state index is 0. The average Bonchev–Trinajstić information content (AvgIpc) is 2.76. The number of phosphoric ester groups is 1. The van der Waals surface area contributed by atoms with Crippen molar-refractivity contribution >= 4 is 27.0 Å². The highest BCUT2D eigenvalue weighted by atomic mass is 31.2. The second kappa shape index (κ2) is 15.9. The Bertz CT molecular complexity index is 812. The maximum Gasteiger partial charge on any atom is 0.470 e. The molecular weight excluding hydrogens is 562 g/mol. The number of carbonyl (C=O) groups is 2. The summed E-state index contributed by atoms with van der Waals surface area (Å²) in [6, 6.07) is -1.45. The van der Waals surface area contributed by atoms with Gasteiger partial charge in [0.15, 0.2) is 13.7 Å². The van der Waals surface area contributed by atoms with Crippen molar-refractivity contribution in [2.24, 2.45) is 5.92 Å². The lowest BCUT2D eigenvalue weighted by atomic mass is 9.85. The molecule has 0 aromatic heterocycles. The first-order chi connectivity index (χ1) is 17.3. The number of nitrogens with one attached hydrogen (secondary N) is 2. The SMILES string of the molecule is C.CC(=O)NC1C(O)OC(CO)[C@@H](OP(=O)(O)O)[C@@H]1O.CCC1O[C@@H](C)C(NC(C)=O)[C@@H](C)[C@@H]1OP(C)(C)=O. The Morgan fingerprint density at radius 1 is 0.897 bits per heavy atom. The van der Waals surface area contributed by atoms with E-state index in [0.29, 0.717) is 0 Å². The van der Waals surface area contributed by atoms with Gasteiger partial charge in [0, 0.05) is 33.1 Å². The topological polar surface area (TPSA) is 230 Å². The zero-order valence-corrected chi connectivity index (χ0v) is 24.4. The van der Waals surface area contributed by atoms with Crippen molar-refractivity contribution in [1.82, 2.24) is 10.6 Å². The van der Waals surface area contributed by atoms with E-state index in [4.69, 9.17) is 28.9 Å².